The molecule has 1 aromatic heterocycles. The summed E-state index contributed by atoms with van der Waals surface area (Å²) < 4.78 is 2.98. The molecular formula is C13H16BrN3. The number of benzene rings is 1. The van der Waals surface area contributed by atoms with Crippen LogP contribution in [0.3, 0.4) is 0 Å². The molecule has 2 aromatic rings. The lowest BCUT2D eigenvalue weighted by atomic mass is 10.1. The van der Waals surface area contributed by atoms with Crippen LogP contribution in [0.2, 0.25) is 0 Å². The van der Waals surface area contributed by atoms with Crippen molar-refractivity contribution < 1.29 is 0 Å². The molecule has 0 fully saturated rings. The van der Waals surface area contributed by atoms with Gasteiger partial charge in [0.05, 0.1) is 5.69 Å². The molecule has 0 unspecified atom stereocenters. The van der Waals surface area contributed by atoms with E-state index in [2.05, 4.69) is 51.5 Å². The van der Waals surface area contributed by atoms with Gasteiger partial charge in [0, 0.05) is 30.8 Å². The molecule has 1 heterocycles. The molecule has 0 saturated heterocycles. The zero-order valence-corrected chi connectivity index (χ0v) is 11.7. The maximum absolute atomic E-state index is 4.32. The van der Waals surface area contributed by atoms with Crippen molar-refractivity contribution in [1.29, 1.82) is 0 Å². The van der Waals surface area contributed by atoms with Crippen LogP contribution in [0.15, 0.2) is 34.9 Å². The molecule has 0 aliphatic rings. The van der Waals surface area contributed by atoms with Crippen LogP contribution in [-0.2, 0) is 20.1 Å². The van der Waals surface area contributed by atoms with Crippen molar-refractivity contribution in [2.45, 2.75) is 20.0 Å². The van der Waals surface area contributed by atoms with Crippen LogP contribution in [-0.4, -0.2) is 9.78 Å². The van der Waals surface area contributed by atoms with E-state index in [1.807, 2.05) is 24.0 Å². The molecule has 0 aliphatic carbocycles. The Morgan fingerprint density at radius 3 is 2.76 bits per heavy atom. The predicted octanol–water partition coefficient (Wildman–Crippen LogP) is 2.78. The van der Waals surface area contributed by atoms with Crippen LogP contribution in [0.1, 0.15) is 16.8 Å². The van der Waals surface area contributed by atoms with E-state index in [4.69, 9.17) is 0 Å². The van der Waals surface area contributed by atoms with Gasteiger partial charge in [-0.05, 0) is 30.2 Å². The Kier molecular flexibility index (Phi) is 3.97. The normalized spacial score (nSPS) is 10.8. The SMILES string of the molecule is Cc1cc(CNCc2ccn(C)n2)ccc1Br. The zero-order valence-electron chi connectivity index (χ0n) is 10.1. The van der Waals surface area contributed by atoms with Crippen LogP contribution in [0, 0.1) is 6.92 Å². The molecule has 2 rings (SSSR count). The Labute approximate surface area is 110 Å². The lowest BCUT2D eigenvalue weighted by molar-refractivity contribution is 0.656. The fourth-order valence-electron chi connectivity index (χ4n) is 1.71. The molecule has 90 valence electrons. The highest BCUT2D eigenvalue weighted by Gasteiger charge is 1.99. The minimum absolute atomic E-state index is 0.802. The van der Waals surface area contributed by atoms with Crippen molar-refractivity contribution in [3.8, 4) is 0 Å². The van der Waals surface area contributed by atoms with Crippen LogP contribution >= 0.6 is 15.9 Å². The molecule has 3 nitrogen and oxygen atoms in total. The van der Waals surface area contributed by atoms with Crippen molar-refractivity contribution in [3.63, 3.8) is 0 Å². The second kappa shape index (κ2) is 5.47. The number of aryl methyl sites for hydroxylation is 2. The first-order chi connectivity index (χ1) is 8.15. The van der Waals surface area contributed by atoms with Crippen molar-refractivity contribution in [1.82, 2.24) is 15.1 Å². The third-order valence-corrected chi connectivity index (χ3v) is 3.52. The largest absolute Gasteiger partial charge is 0.307 e. The molecule has 0 saturated carbocycles. The first-order valence-corrected chi connectivity index (χ1v) is 6.39. The van der Waals surface area contributed by atoms with E-state index in [9.17, 15) is 0 Å². The van der Waals surface area contributed by atoms with Gasteiger partial charge in [-0.2, -0.15) is 5.10 Å². The maximum atomic E-state index is 4.32. The first-order valence-electron chi connectivity index (χ1n) is 5.59. The quantitative estimate of drug-likeness (QED) is 0.939. The molecule has 0 amide bonds. The Hall–Kier alpha value is -1.13. The highest BCUT2D eigenvalue weighted by atomic mass is 79.9. The van der Waals surface area contributed by atoms with Gasteiger partial charge in [-0.1, -0.05) is 28.1 Å². The predicted molar refractivity (Wildman–Crippen MR) is 72.6 cm³/mol. The molecule has 0 aliphatic heterocycles. The number of hydrogen-bond donors (Lipinski definition) is 1. The molecule has 0 spiro atoms. The zero-order chi connectivity index (χ0) is 12.3. The minimum Gasteiger partial charge on any atom is -0.307 e. The van der Waals surface area contributed by atoms with Gasteiger partial charge in [0.2, 0.25) is 0 Å². The minimum atomic E-state index is 0.802. The third-order valence-electron chi connectivity index (χ3n) is 2.63. The Morgan fingerprint density at radius 2 is 2.12 bits per heavy atom. The Balaban J connectivity index is 1.87. The number of nitrogens with one attached hydrogen (secondary N) is 1. The molecule has 0 bridgehead atoms. The Bertz CT molecular complexity index is 505. The van der Waals surface area contributed by atoms with E-state index >= 15 is 0 Å². The third kappa shape index (κ3) is 3.41. The number of rotatable bonds is 4. The first kappa shape index (κ1) is 12.3. The van der Waals surface area contributed by atoms with Gasteiger partial charge < -0.3 is 5.32 Å². The van der Waals surface area contributed by atoms with Gasteiger partial charge in [0.15, 0.2) is 0 Å². The smallest absolute Gasteiger partial charge is 0.0762 e. The highest BCUT2D eigenvalue weighted by Crippen LogP contribution is 2.16. The summed E-state index contributed by atoms with van der Waals surface area (Å²) in [6, 6.07) is 8.44. The lowest BCUT2D eigenvalue weighted by Crippen LogP contribution is -2.13. The fourth-order valence-corrected chi connectivity index (χ4v) is 1.96. The van der Waals surface area contributed by atoms with E-state index in [1.165, 1.54) is 11.1 Å². The number of nitrogens with zero attached hydrogens (tertiary/aromatic N) is 2. The van der Waals surface area contributed by atoms with Crippen LogP contribution in [0.4, 0.5) is 0 Å². The van der Waals surface area contributed by atoms with Crippen molar-refractivity contribution in [3.05, 3.63) is 51.8 Å². The van der Waals surface area contributed by atoms with Crippen LogP contribution < -0.4 is 5.32 Å². The summed E-state index contributed by atoms with van der Waals surface area (Å²) in [5.41, 5.74) is 3.63. The van der Waals surface area contributed by atoms with E-state index in [0.717, 1.165) is 23.3 Å². The molecule has 4 heteroatoms. The fraction of sp³-hybridized carbons (Fsp3) is 0.308. The number of aromatic nitrogens is 2. The summed E-state index contributed by atoms with van der Waals surface area (Å²) in [6.07, 6.45) is 1.96. The monoisotopic (exact) mass is 293 g/mol. The van der Waals surface area contributed by atoms with Crippen molar-refractivity contribution in [2.75, 3.05) is 0 Å². The topological polar surface area (TPSA) is 29.9 Å². The summed E-state index contributed by atoms with van der Waals surface area (Å²) in [5, 5.41) is 7.71. The lowest BCUT2D eigenvalue weighted by Gasteiger charge is -2.05. The summed E-state index contributed by atoms with van der Waals surface area (Å²) >= 11 is 3.50. The van der Waals surface area contributed by atoms with Gasteiger partial charge in [-0.3, -0.25) is 4.68 Å². The molecule has 0 radical (unpaired) electrons. The van der Waals surface area contributed by atoms with Crippen LogP contribution in [0.25, 0.3) is 0 Å². The second-order valence-electron chi connectivity index (χ2n) is 4.17. The van der Waals surface area contributed by atoms with Crippen molar-refractivity contribution in [2.24, 2.45) is 7.05 Å². The number of halogens is 1. The summed E-state index contributed by atoms with van der Waals surface area (Å²) in [7, 11) is 1.93. The van der Waals surface area contributed by atoms with E-state index in [0.29, 0.717) is 0 Å². The molecular weight excluding hydrogens is 278 g/mol. The Morgan fingerprint density at radius 1 is 1.29 bits per heavy atom. The van der Waals surface area contributed by atoms with E-state index in [1.54, 1.807) is 0 Å². The van der Waals surface area contributed by atoms with Gasteiger partial charge in [0.25, 0.3) is 0 Å². The van der Waals surface area contributed by atoms with E-state index in [-0.39, 0.29) is 0 Å². The average molecular weight is 294 g/mol. The molecule has 0 atom stereocenters. The molecule has 17 heavy (non-hydrogen) atoms. The number of hydrogen-bond acceptors (Lipinski definition) is 2. The average Bonchev–Trinajstić information content (AvgIpc) is 2.70. The van der Waals surface area contributed by atoms with E-state index < -0.39 is 0 Å². The van der Waals surface area contributed by atoms with Gasteiger partial charge in [-0.25, -0.2) is 0 Å². The maximum Gasteiger partial charge on any atom is 0.0762 e. The molecule has 1 N–H and O–H groups in total. The second-order valence-corrected chi connectivity index (χ2v) is 5.02. The van der Waals surface area contributed by atoms with Gasteiger partial charge in [0.1, 0.15) is 0 Å². The van der Waals surface area contributed by atoms with Gasteiger partial charge >= 0.3 is 0 Å². The van der Waals surface area contributed by atoms with Crippen LogP contribution in [0.5, 0.6) is 0 Å². The standard InChI is InChI=1S/C13H16BrN3/c1-10-7-11(3-4-13(10)14)8-15-9-12-5-6-17(2)16-12/h3-7,15H,8-9H2,1-2H3. The molecule has 1 aromatic carbocycles. The summed E-state index contributed by atoms with van der Waals surface area (Å²) in [5.74, 6) is 0. The summed E-state index contributed by atoms with van der Waals surface area (Å²) in [6.45, 7) is 3.77. The highest BCUT2D eigenvalue weighted by molar-refractivity contribution is 9.10. The summed E-state index contributed by atoms with van der Waals surface area (Å²) in [4.78, 5) is 0. The van der Waals surface area contributed by atoms with Gasteiger partial charge in [-0.15, -0.1) is 0 Å². The van der Waals surface area contributed by atoms with Crippen molar-refractivity contribution >= 4 is 15.9 Å².